The fourth-order valence-electron chi connectivity index (χ4n) is 7.46. The van der Waals surface area contributed by atoms with Crippen LogP contribution >= 0.6 is 0 Å². The number of benzene rings is 1. The van der Waals surface area contributed by atoms with Gasteiger partial charge in [0.1, 0.15) is 18.9 Å². The third-order valence-corrected chi connectivity index (χ3v) is 9.08. The molecule has 1 saturated heterocycles. The summed E-state index contributed by atoms with van der Waals surface area (Å²) in [6.07, 6.45) is 10.6. The molecule has 176 valence electrons. The van der Waals surface area contributed by atoms with Crippen LogP contribution in [0.15, 0.2) is 24.3 Å². The standard InChI is InChI=1S/C27H40NO4/c1-28(2,3)12-13-29-25-6-4-21(5-7-25)22-8-10-26(11-9-22)30-27(32-31-26)23-15-19-14-20(17-23)18-24(27)16-19/h4-7,19-20,22-24H,8-18H2,1-3H3/q+1. The lowest BCUT2D eigenvalue weighted by atomic mass is 9.53. The molecule has 1 aromatic rings. The van der Waals surface area contributed by atoms with Gasteiger partial charge in [0.15, 0.2) is 0 Å². The first-order chi connectivity index (χ1) is 15.3. The van der Waals surface area contributed by atoms with Crippen LogP contribution in [0.4, 0.5) is 0 Å². The Morgan fingerprint density at radius 2 is 1.50 bits per heavy atom. The molecule has 7 rings (SSSR count). The number of hydrogen-bond acceptors (Lipinski definition) is 4. The summed E-state index contributed by atoms with van der Waals surface area (Å²) in [5.74, 6) is 3.47. The molecule has 1 aromatic carbocycles. The fourth-order valence-corrected chi connectivity index (χ4v) is 7.46. The summed E-state index contributed by atoms with van der Waals surface area (Å²) >= 11 is 0. The number of ether oxygens (including phenoxy) is 2. The minimum absolute atomic E-state index is 0.439. The molecule has 32 heavy (non-hydrogen) atoms. The molecule has 0 amide bonds. The molecule has 0 aromatic heterocycles. The van der Waals surface area contributed by atoms with Crippen molar-refractivity contribution in [2.45, 2.75) is 75.3 Å². The molecule has 2 spiro atoms. The number of hydrogen-bond donors (Lipinski definition) is 0. The lowest BCUT2D eigenvalue weighted by molar-refractivity contribution is -0.870. The fraction of sp³-hybridized carbons (Fsp3) is 0.778. The van der Waals surface area contributed by atoms with E-state index >= 15 is 0 Å². The molecular formula is C27H40NO4+. The predicted octanol–water partition coefficient (Wildman–Crippen LogP) is 5.26. The summed E-state index contributed by atoms with van der Waals surface area (Å²) in [6, 6.07) is 8.75. The molecule has 0 atom stereocenters. The van der Waals surface area contributed by atoms with Gasteiger partial charge in [0.2, 0.25) is 11.6 Å². The van der Waals surface area contributed by atoms with Crippen LogP contribution in [0.5, 0.6) is 5.75 Å². The SMILES string of the molecule is C[N+](C)(C)CCOc1ccc(C2CCC3(CC2)OOC2(O3)C3CC4CC(C3)CC2C4)cc1. The molecule has 6 aliphatic rings. The van der Waals surface area contributed by atoms with E-state index in [0.29, 0.717) is 17.8 Å². The minimum Gasteiger partial charge on any atom is -0.488 e. The highest BCUT2D eigenvalue weighted by Crippen LogP contribution is 2.64. The van der Waals surface area contributed by atoms with E-state index in [4.69, 9.17) is 19.2 Å². The van der Waals surface area contributed by atoms with Gasteiger partial charge in [-0.25, -0.2) is 0 Å². The zero-order chi connectivity index (χ0) is 22.0. The molecule has 1 heterocycles. The number of rotatable bonds is 5. The third-order valence-electron chi connectivity index (χ3n) is 9.08. The second kappa shape index (κ2) is 7.69. The van der Waals surface area contributed by atoms with Crippen molar-refractivity contribution in [1.82, 2.24) is 0 Å². The maximum atomic E-state index is 6.86. The van der Waals surface area contributed by atoms with Gasteiger partial charge in [-0.1, -0.05) is 12.1 Å². The van der Waals surface area contributed by atoms with Crippen molar-refractivity contribution in [3.63, 3.8) is 0 Å². The van der Waals surface area contributed by atoms with Crippen LogP contribution < -0.4 is 4.74 Å². The summed E-state index contributed by atoms with van der Waals surface area (Å²) in [7, 11) is 6.57. The first kappa shape index (κ1) is 21.4. The van der Waals surface area contributed by atoms with E-state index in [1.54, 1.807) is 0 Å². The maximum Gasteiger partial charge on any atom is 0.210 e. The number of nitrogens with zero attached hydrogens (tertiary/aromatic N) is 1. The van der Waals surface area contributed by atoms with Gasteiger partial charge in [-0.05, 0) is 80.4 Å². The van der Waals surface area contributed by atoms with E-state index in [1.165, 1.54) is 37.7 Å². The molecule has 5 saturated carbocycles. The highest BCUT2D eigenvalue weighted by atomic mass is 17.3. The van der Waals surface area contributed by atoms with E-state index in [0.717, 1.165) is 60.9 Å². The zero-order valence-electron chi connectivity index (χ0n) is 20.1. The van der Waals surface area contributed by atoms with Crippen molar-refractivity contribution in [2.24, 2.45) is 23.7 Å². The molecule has 5 heteroatoms. The van der Waals surface area contributed by atoms with Gasteiger partial charge in [-0.3, -0.25) is 0 Å². The molecule has 0 unspecified atom stereocenters. The minimum atomic E-state index is -0.514. The van der Waals surface area contributed by atoms with Gasteiger partial charge in [0.25, 0.3) is 0 Å². The van der Waals surface area contributed by atoms with Crippen molar-refractivity contribution in [3.05, 3.63) is 29.8 Å². The molecule has 0 N–H and O–H groups in total. The molecule has 5 aliphatic carbocycles. The quantitative estimate of drug-likeness (QED) is 0.461. The average molecular weight is 443 g/mol. The van der Waals surface area contributed by atoms with Crippen LogP contribution in [-0.2, 0) is 14.5 Å². The van der Waals surface area contributed by atoms with Crippen LogP contribution in [0.2, 0.25) is 0 Å². The third kappa shape index (κ3) is 3.79. The summed E-state index contributed by atoms with van der Waals surface area (Å²) < 4.78 is 13.7. The van der Waals surface area contributed by atoms with E-state index < -0.39 is 11.6 Å². The Labute approximate surface area is 192 Å². The first-order valence-electron chi connectivity index (χ1n) is 12.9. The molecule has 0 radical (unpaired) electrons. The Morgan fingerprint density at radius 1 is 0.875 bits per heavy atom. The Hall–Kier alpha value is -1.14. The van der Waals surface area contributed by atoms with E-state index in [9.17, 15) is 0 Å². The Bertz CT molecular complexity index is 793. The Balaban J connectivity index is 1.05. The Kier molecular flexibility index (Phi) is 5.14. The second-order valence-electron chi connectivity index (χ2n) is 12.4. The smallest absolute Gasteiger partial charge is 0.210 e. The van der Waals surface area contributed by atoms with Gasteiger partial charge in [0.05, 0.1) is 21.1 Å². The van der Waals surface area contributed by atoms with Crippen molar-refractivity contribution in [2.75, 3.05) is 34.3 Å². The summed E-state index contributed by atoms with van der Waals surface area (Å²) in [6.45, 7) is 1.74. The molecule has 4 bridgehead atoms. The summed E-state index contributed by atoms with van der Waals surface area (Å²) in [5, 5.41) is 0. The topological polar surface area (TPSA) is 36.9 Å². The monoisotopic (exact) mass is 442 g/mol. The molecule has 5 nitrogen and oxygen atoms in total. The van der Waals surface area contributed by atoms with Gasteiger partial charge in [0, 0.05) is 24.7 Å². The highest BCUT2D eigenvalue weighted by molar-refractivity contribution is 5.30. The average Bonchev–Trinajstić information content (AvgIpc) is 3.12. The largest absolute Gasteiger partial charge is 0.488 e. The van der Waals surface area contributed by atoms with Crippen LogP contribution in [0.25, 0.3) is 0 Å². The van der Waals surface area contributed by atoms with Crippen LogP contribution in [0.3, 0.4) is 0 Å². The normalized spacial score (nSPS) is 42.8. The summed E-state index contributed by atoms with van der Waals surface area (Å²) in [5.41, 5.74) is 1.40. The molecular weight excluding hydrogens is 402 g/mol. The molecule has 6 fully saturated rings. The van der Waals surface area contributed by atoms with Crippen molar-refractivity contribution in [3.8, 4) is 5.75 Å². The van der Waals surface area contributed by atoms with E-state index in [1.807, 2.05) is 0 Å². The molecule has 1 aliphatic heterocycles. The van der Waals surface area contributed by atoms with Crippen molar-refractivity contribution >= 4 is 0 Å². The van der Waals surface area contributed by atoms with Gasteiger partial charge < -0.3 is 14.0 Å². The maximum absolute atomic E-state index is 6.86. The van der Waals surface area contributed by atoms with E-state index in [-0.39, 0.29) is 0 Å². The van der Waals surface area contributed by atoms with Crippen molar-refractivity contribution in [1.29, 1.82) is 0 Å². The first-order valence-corrected chi connectivity index (χ1v) is 12.9. The van der Waals surface area contributed by atoms with Crippen LogP contribution in [-0.4, -0.2) is 50.4 Å². The van der Waals surface area contributed by atoms with Crippen LogP contribution in [0, 0.1) is 23.7 Å². The Morgan fingerprint density at radius 3 is 2.09 bits per heavy atom. The zero-order valence-corrected chi connectivity index (χ0v) is 20.1. The van der Waals surface area contributed by atoms with Gasteiger partial charge in [-0.15, -0.1) is 0 Å². The number of likely N-dealkylation sites (N-methyl/N-ethyl adjacent to an activating group) is 1. The van der Waals surface area contributed by atoms with Crippen LogP contribution in [0.1, 0.15) is 69.3 Å². The van der Waals surface area contributed by atoms with Gasteiger partial charge >= 0.3 is 0 Å². The summed E-state index contributed by atoms with van der Waals surface area (Å²) in [4.78, 5) is 12.3. The van der Waals surface area contributed by atoms with Crippen molar-refractivity contribution < 1.29 is 23.7 Å². The number of quaternary nitrogens is 1. The van der Waals surface area contributed by atoms with E-state index in [2.05, 4.69) is 45.4 Å². The lowest BCUT2D eigenvalue weighted by Gasteiger charge is -2.57. The second-order valence-corrected chi connectivity index (χ2v) is 12.4. The predicted molar refractivity (Wildman–Crippen MR) is 122 cm³/mol. The lowest BCUT2D eigenvalue weighted by Crippen LogP contribution is -2.59. The highest BCUT2D eigenvalue weighted by Gasteiger charge is 2.66. The van der Waals surface area contributed by atoms with Gasteiger partial charge in [-0.2, -0.15) is 9.78 Å².